The third-order valence-electron chi connectivity index (χ3n) is 6.39. The second-order valence-corrected chi connectivity index (χ2v) is 10.8. The second kappa shape index (κ2) is 7.92. The van der Waals surface area contributed by atoms with E-state index in [1.807, 2.05) is 44.7 Å². The molecule has 7 nitrogen and oxygen atoms in total. The number of nitrogens with one attached hydrogen (secondary N) is 2. The number of benzene rings is 2. The van der Waals surface area contributed by atoms with E-state index >= 15 is 0 Å². The Hall–Kier alpha value is -3.23. The van der Waals surface area contributed by atoms with Crippen molar-refractivity contribution in [2.24, 2.45) is 0 Å². The Labute approximate surface area is 206 Å². The molecule has 4 aromatic rings. The fraction of sp³-hybridized carbons (Fsp3) is 0.280. The van der Waals surface area contributed by atoms with E-state index in [1.54, 1.807) is 36.5 Å². The number of amides is 2. The summed E-state index contributed by atoms with van der Waals surface area (Å²) in [5.41, 5.74) is 4.65. The number of nitrogens with zero attached hydrogens (tertiary/aromatic N) is 3. The molecule has 174 valence electrons. The highest BCUT2D eigenvalue weighted by atomic mass is 35.5. The Bertz CT molecular complexity index is 1490. The Kier molecular flexibility index (Phi) is 5.26. The number of anilines is 2. The number of aromatic amines is 1. The van der Waals surface area contributed by atoms with Crippen molar-refractivity contribution in [2.45, 2.75) is 46.6 Å². The predicted molar refractivity (Wildman–Crippen MR) is 136 cm³/mol. The number of hydrogen-bond donors (Lipinski definition) is 2. The van der Waals surface area contributed by atoms with E-state index in [2.05, 4.69) is 20.3 Å². The molecule has 9 heteroatoms. The SMILES string of the molecule is Cc1nc(C)c(CN2C(=O)C(C)(C)c3cc4nc(NC(=O)c5cccc(Cl)c5C)[nH]c4cc32)s1. The predicted octanol–water partition coefficient (Wildman–Crippen LogP) is 5.67. The zero-order chi connectivity index (χ0) is 24.4. The molecule has 0 saturated heterocycles. The summed E-state index contributed by atoms with van der Waals surface area (Å²) in [6.45, 7) is 10.1. The van der Waals surface area contributed by atoms with Crippen molar-refractivity contribution >= 4 is 57.4 Å². The second-order valence-electron chi connectivity index (χ2n) is 9.10. The number of halogens is 1. The zero-order valence-electron chi connectivity index (χ0n) is 19.5. The Morgan fingerprint density at radius 2 is 1.97 bits per heavy atom. The minimum atomic E-state index is -0.683. The average molecular weight is 494 g/mol. The van der Waals surface area contributed by atoms with Gasteiger partial charge < -0.3 is 9.88 Å². The summed E-state index contributed by atoms with van der Waals surface area (Å²) >= 11 is 7.78. The van der Waals surface area contributed by atoms with E-state index in [0.717, 1.165) is 32.3 Å². The summed E-state index contributed by atoms with van der Waals surface area (Å²) in [5, 5.41) is 4.35. The van der Waals surface area contributed by atoms with Gasteiger partial charge in [-0.1, -0.05) is 17.7 Å². The number of hydrogen-bond acceptors (Lipinski definition) is 5. The molecule has 34 heavy (non-hydrogen) atoms. The lowest BCUT2D eigenvalue weighted by molar-refractivity contribution is -0.122. The summed E-state index contributed by atoms with van der Waals surface area (Å²) in [6, 6.07) is 9.09. The van der Waals surface area contributed by atoms with Crippen LogP contribution in [0.5, 0.6) is 0 Å². The molecule has 0 unspecified atom stereocenters. The molecule has 1 aliphatic heterocycles. The first kappa shape index (κ1) is 22.6. The third-order valence-corrected chi connectivity index (χ3v) is 7.86. The van der Waals surface area contributed by atoms with Crippen molar-refractivity contribution in [3.8, 4) is 0 Å². The van der Waals surface area contributed by atoms with Gasteiger partial charge >= 0.3 is 0 Å². The van der Waals surface area contributed by atoms with Crippen molar-refractivity contribution in [2.75, 3.05) is 10.2 Å². The molecular weight excluding hydrogens is 470 g/mol. The fourth-order valence-electron chi connectivity index (χ4n) is 4.44. The number of imidazole rings is 1. The molecule has 0 atom stereocenters. The number of carbonyl (C=O) groups excluding carboxylic acids is 2. The van der Waals surface area contributed by atoms with Gasteiger partial charge in [-0.15, -0.1) is 11.3 Å². The van der Waals surface area contributed by atoms with Crippen molar-refractivity contribution in [1.29, 1.82) is 0 Å². The number of aromatic nitrogens is 3. The number of aryl methyl sites for hydroxylation is 2. The van der Waals surface area contributed by atoms with Crippen molar-refractivity contribution in [3.05, 3.63) is 67.6 Å². The standard InChI is InChI=1S/C25H24ClN5O2S/c1-12-15(7-6-8-17(12)26)22(32)30-24-28-18-9-16-20(10-19(18)29-24)31(23(33)25(16,4)5)11-21-13(2)27-14(3)34-21/h6-10H,11H2,1-5H3,(H2,28,29,30,32). The monoisotopic (exact) mass is 493 g/mol. The number of thiazole rings is 1. The van der Waals surface area contributed by atoms with Gasteiger partial charge in [-0.25, -0.2) is 9.97 Å². The highest BCUT2D eigenvalue weighted by molar-refractivity contribution is 7.11. The third kappa shape index (κ3) is 3.58. The summed E-state index contributed by atoms with van der Waals surface area (Å²) in [4.78, 5) is 41.3. The van der Waals surface area contributed by atoms with Gasteiger partial charge in [0.05, 0.1) is 39.4 Å². The normalized spacial score (nSPS) is 14.6. The lowest BCUT2D eigenvalue weighted by Gasteiger charge is -2.20. The Morgan fingerprint density at radius 3 is 2.68 bits per heavy atom. The van der Waals surface area contributed by atoms with Gasteiger partial charge in [-0.3, -0.25) is 14.9 Å². The van der Waals surface area contributed by atoms with E-state index in [-0.39, 0.29) is 11.8 Å². The Balaban J connectivity index is 1.50. The number of H-pyrrole nitrogens is 1. The van der Waals surface area contributed by atoms with Crippen LogP contribution in [-0.2, 0) is 16.8 Å². The van der Waals surface area contributed by atoms with Crippen LogP contribution in [0.2, 0.25) is 5.02 Å². The van der Waals surface area contributed by atoms with Crippen LogP contribution in [0.3, 0.4) is 0 Å². The van der Waals surface area contributed by atoms with E-state index in [0.29, 0.717) is 34.2 Å². The van der Waals surface area contributed by atoms with Gasteiger partial charge in [-0.05, 0) is 70.0 Å². The molecule has 0 fully saturated rings. The maximum absolute atomic E-state index is 13.3. The number of rotatable bonds is 4. The molecule has 0 spiro atoms. The van der Waals surface area contributed by atoms with E-state index < -0.39 is 5.41 Å². The van der Waals surface area contributed by atoms with E-state index in [1.165, 1.54) is 0 Å². The lowest BCUT2D eigenvalue weighted by atomic mass is 9.86. The molecule has 5 rings (SSSR count). The van der Waals surface area contributed by atoms with Crippen molar-refractivity contribution in [1.82, 2.24) is 15.0 Å². The molecule has 1 aliphatic rings. The summed E-state index contributed by atoms with van der Waals surface area (Å²) in [7, 11) is 0. The van der Waals surface area contributed by atoms with Crippen LogP contribution in [0.4, 0.5) is 11.6 Å². The largest absolute Gasteiger partial charge is 0.324 e. The lowest BCUT2D eigenvalue weighted by Crippen LogP contribution is -2.35. The van der Waals surface area contributed by atoms with E-state index in [4.69, 9.17) is 11.6 Å². The summed E-state index contributed by atoms with van der Waals surface area (Å²) in [6.07, 6.45) is 0. The van der Waals surface area contributed by atoms with Crippen LogP contribution in [0.25, 0.3) is 11.0 Å². The highest BCUT2D eigenvalue weighted by Crippen LogP contribution is 2.44. The van der Waals surface area contributed by atoms with Gasteiger partial charge in [0.15, 0.2) is 0 Å². The van der Waals surface area contributed by atoms with Crippen LogP contribution in [0.15, 0.2) is 30.3 Å². The first-order valence-corrected chi connectivity index (χ1v) is 12.1. The fourth-order valence-corrected chi connectivity index (χ4v) is 5.54. The maximum atomic E-state index is 13.3. The van der Waals surface area contributed by atoms with Gasteiger partial charge in [0.25, 0.3) is 5.91 Å². The molecule has 0 aliphatic carbocycles. The van der Waals surface area contributed by atoms with Crippen molar-refractivity contribution < 1.29 is 9.59 Å². The topological polar surface area (TPSA) is 91.0 Å². The quantitative estimate of drug-likeness (QED) is 0.383. The molecule has 2 aromatic heterocycles. The highest BCUT2D eigenvalue weighted by Gasteiger charge is 2.44. The van der Waals surface area contributed by atoms with Crippen LogP contribution in [-0.4, -0.2) is 26.8 Å². The molecule has 2 aromatic carbocycles. The molecule has 0 saturated carbocycles. The minimum Gasteiger partial charge on any atom is -0.324 e. The van der Waals surface area contributed by atoms with Crippen LogP contribution in [0.1, 0.15) is 50.9 Å². The van der Waals surface area contributed by atoms with Crippen LogP contribution < -0.4 is 10.2 Å². The summed E-state index contributed by atoms with van der Waals surface area (Å²) < 4.78 is 0. The van der Waals surface area contributed by atoms with Crippen molar-refractivity contribution in [3.63, 3.8) is 0 Å². The van der Waals surface area contributed by atoms with Crippen LogP contribution >= 0.6 is 22.9 Å². The first-order chi connectivity index (χ1) is 16.1. The molecule has 2 amide bonds. The smallest absolute Gasteiger partial charge is 0.258 e. The molecule has 2 N–H and O–H groups in total. The summed E-state index contributed by atoms with van der Waals surface area (Å²) in [5.74, 6) is 0.0954. The molecule has 3 heterocycles. The van der Waals surface area contributed by atoms with Gasteiger partial charge in [0.1, 0.15) is 0 Å². The van der Waals surface area contributed by atoms with Gasteiger partial charge in [-0.2, -0.15) is 0 Å². The van der Waals surface area contributed by atoms with Gasteiger partial charge in [0.2, 0.25) is 11.9 Å². The van der Waals surface area contributed by atoms with Gasteiger partial charge in [0, 0.05) is 15.5 Å². The number of carbonyl (C=O) groups is 2. The molecule has 0 radical (unpaired) electrons. The maximum Gasteiger partial charge on any atom is 0.258 e. The Morgan fingerprint density at radius 1 is 1.21 bits per heavy atom. The first-order valence-electron chi connectivity index (χ1n) is 10.9. The number of fused-ring (bicyclic) bond motifs is 2. The minimum absolute atomic E-state index is 0.0468. The molecule has 0 bridgehead atoms. The molecular formula is C25H24ClN5O2S. The average Bonchev–Trinajstić information content (AvgIpc) is 3.37. The van der Waals surface area contributed by atoms with E-state index in [9.17, 15) is 9.59 Å². The zero-order valence-corrected chi connectivity index (χ0v) is 21.1. The van der Waals surface area contributed by atoms with Crippen LogP contribution in [0, 0.1) is 20.8 Å².